The van der Waals surface area contributed by atoms with E-state index in [0.717, 1.165) is 0 Å². The van der Waals surface area contributed by atoms with E-state index in [0.29, 0.717) is 5.56 Å². The van der Waals surface area contributed by atoms with Crippen molar-refractivity contribution in [1.29, 1.82) is 5.26 Å². The van der Waals surface area contributed by atoms with Crippen LogP contribution in [-0.2, 0) is 6.54 Å². The quantitative estimate of drug-likeness (QED) is 0.629. The molecule has 0 heterocycles. The van der Waals surface area contributed by atoms with E-state index >= 15 is 0 Å². The lowest BCUT2D eigenvalue weighted by Crippen LogP contribution is -2.04. The van der Waals surface area contributed by atoms with Crippen LogP contribution in [0.1, 0.15) is 21.5 Å². The molecule has 0 unspecified atom stereocenters. The second kappa shape index (κ2) is 3.77. The fourth-order valence-electron chi connectivity index (χ4n) is 1.09. The van der Waals surface area contributed by atoms with Gasteiger partial charge in [-0.05, 0) is 17.7 Å². The molecule has 0 spiro atoms. The lowest BCUT2D eigenvalue weighted by Gasteiger charge is -2.04. The number of carboxylic acids is 1. The smallest absolute Gasteiger partial charge is 0.337 e. The first-order valence-electron chi connectivity index (χ1n) is 3.79. The standard InChI is InChI=1S/C9H8N2O3/c10-3-5-1-6(9(13)14)7(4-11)8(12)2-5/h1-2,12H,3,10H2,(H,13,14). The van der Waals surface area contributed by atoms with Crippen LogP contribution in [0, 0.1) is 11.3 Å². The zero-order valence-electron chi connectivity index (χ0n) is 7.19. The molecule has 14 heavy (non-hydrogen) atoms. The molecular weight excluding hydrogens is 184 g/mol. The zero-order valence-corrected chi connectivity index (χ0v) is 7.19. The molecule has 0 fully saturated rings. The number of nitrogens with two attached hydrogens (primary N) is 1. The van der Waals surface area contributed by atoms with Crippen LogP contribution in [-0.4, -0.2) is 16.2 Å². The topological polar surface area (TPSA) is 107 Å². The van der Waals surface area contributed by atoms with Crippen LogP contribution in [0.25, 0.3) is 0 Å². The molecule has 0 aromatic heterocycles. The average molecular weight is 192 g/mol. The summed E-state index contributed by atoms with van der Waals surface area (Å²) in [6.07, 6.45) is 0. The van der Waals surface area contributed by atoms with Gasteiger partial charge in [0.05, 0.1) is 5.56 Å². The number of rotatable bonds is 2. The molecule has 0 atom stereocenters. The maximum atomic E-state index is 10.7. The number of hydrogen-bond donors (Lipinski definition) is 3. The lowest BCUT2D eigenvalue weighted by atomic mass is 10.0. The maximum Gasteiger partial charge on any atom is 0.337 e. The molecule has 4 N–H and O–H groups in total. The van der Waals surface area contributed by atoms with Gasteiger partial charge in [0.1, 0.15) is 17.4 Å². The van der Waals surface area contributed by atoms with Crippen molar-refractivity contribution in [1.82, 2.24) is 0 Å². The summed E-state index contributed by atoms with van der Waals surface area (Å²) in [6.45, 7) is 0.111. The summed E-state index contributed by atoms with van der Waals surface area (Å²) in [5.41, 5.74) is 5.29. The lowest BCUT2D eigenvalue weighted by molar-refractivity contribution is 0.0696. The molecule has 0 aliphatic carbocycles. The van der Waals surface area contributed by atoms with Crippen molar-refractivity contribution < 1.29 is 15.0 Å². The summed E-state index contributed by atoms with van der Waals surface area (Å²) in [7, 11) is 0. The summed E-state index contributed by atoms with van der Waals surface area (Å²) in [5.74, 6) is -1.61. The molecule has 72 valence electrons. The molecule has 5 nitrogen and oxygen atoms in total. The Labute approximate surface area is 80.0 Å². The van der Waals surface area contributed by atoms with E-state index in [4.69, 9.17) is 16.1 Å². The SMILES string of the molecule is N#Cc1c(O)cc(CN)cc1C(=O)O. The Morgan fingerprint density at radius 3 is 2.64 bits per heavy atom. The molecule has 0 aliphatic rings. The maximum absolute atomic E-state index is 10.7. The van der Waals surface area contributed by atoms with Gasteiger partial charge in [-0.25, -0.2) is 4.79 Å². The molecule has 0 aliphatic heterocycles. The molecule has 0 bridgehead atoms. The van der Waals surface area contributed by atoms with Gasteiger partial charge in [0.15, 0.2) is 0 Å². The summed E-state index contributed by atoms with van der Waals surface area (Å²) in [5, 5.41) is 26.7. The van der Waals surface area contributed by atoms with Gasteiger partial charge in [-0.1, -0.05) is 0 Å². The highest BCUT2D eigenvalue weighted by molar-refractivity contribution is 5.91. The van der Waals surface area contributed by atoms with E-state index in [9.17, 15) is 9.90 Å². The molecule has 1 aromatic carbocycles. The highest BCUT2D eigenvalue weighted by Gasteiger charge is 2.14. The number of aromatic hydroxyl groups is 1. The zero-order chi connectivity index (χ0) is 10.7. The third kappa shape index (κ3) is 1.65. The van der Waals surface area contributed by atoms with Crippen molar-refractivity contribution in [2.75, 3.05) is 0 Å². The van der Waals surface area contributed by atoms with E-state index < -0.39 is 5.97 Å². The first kappa shape index (κ1) is 10.0. The predicted octanol–water partition coefficient (Wildman–Crippen LogP) is 0.421. The largest absolute Gasteiger partial charge is 0.507 e. The number of aromatic carboxylic acids is 1. The number of phenolic OH excluding ortho intramolecular Hbond substituents is 1. The van der Waals surface area contributed by atoms with Gasteiger partial charge in [-0.2, -0.15) is 5.26 Å². The highest BCUT2D eigenvalue weighted by atomic mass is 16.4. The molecule has 0 saturated carbocycles. The van der Waals surface area contributed by atoms with Crippen molar-refractivity contribution in [3.05, 3.63) is 28.8 Å². The number of carboxylic acid groups (broad SMARTS) is 1. The third-order valence-corrected chi connectivity index (χ3v) is 1.76. The van der Waals surface area contributed by atoms with Gasteiger partial charge in [0, 0.05) is 6.54 Å². The van der Waals surface area contributed by atoms with E-state index in [-0.39, 0.29) is 23.4 Å². The minimum Gasteiger partial charge on any atom is -0.507 e. The van der Waals surface area contributed by atoms with E-state index in [2.05, 4.69) is 0 Å². The van der Waals surface area contributed by atoms with Gasteiger partial charge in [-0.15, -0.1) is 0 Å². The van der Waals surface area contributed by atoms with Crippen LogP contribution in [0.4, 0.5) is 0 Å². The van der Waals surface area contributed by atoms with Crippen LogP contribution in [0.5, 0.6) is 5.75 Å². The van der Waals surface area contributed by atoms with Gasteiger partial charge >= 0.3 is 5.97 Å². The summed E-state index contributed by atoms with van der Waals surface area (Å²) < 4.78 is 0. The molecule has 0 saturated heterocycles. The number of nitrogens with zero attached hydrogens (tertiary/aromatic N) is 1. The normalized spacial score (nSPS) is 9.43. The number of carbonyl (C=O) groups is 1. The predicted molar refractivity (Wildman–Crippen MR) is 47.7 cm³/mol. The fourth-order valence-corrected chi connectivity index (χ4v) is 1.09. The molecule has 1 rings (SSSR count). The third-order valence-electron chi connectivity index (χ3n) is 1.76. The summed E-state index contributed by atoms with van der Waals surface area (Å²) in [4.78, 5) is 10.7. The first-order valence-corrected chi connectivity index (χ1v) is 3.79. The number of benzene rings is 1. The second-order valence-corrected chi connectivity index (χ2v) is 2.66. The molecule has 1 aromatic rings. The highest BCUT2D eigenvalue weighted by Crippen LogP contribution is 2.22. The van der Waals surface area contributed by atoms with E-state index in [1.54, 1.807) is 6.07 Å². The Morgan fingerprint density at radius 1 is 1.57 bits per heavy atom. The second-order valence-electron chi connectivity index (χ2n) is 2.66. The van der Waals surface area contributed by atoms with Crippen LogP contribution in [0.2, 0.25) is 0 Å². The Hall–Kier alpha value is -2.06. The van der Waals surface area contributed by atoms with Crippen LogP contribution < -0.4 is 5.73 Å². The minimum atomic E-state index is -1.26. The molecule has 0 amide bonds. The number of nitriles is 1. The molecule has 5 heteroatoms. The van der Waals surface area contributed by atoms with Gasteiger partial charge in [0.2, 0.25) is 0 Å². The Balaban J connectivity index is 3.45. The first-order chi connectivity index (χ1) is 6.60. The Kier molecular flexibility index (Phi) is 2.70. The molecule has 0 radical (unpaired) electrons. The van der Waals surface area contributed by atoms with Gasteiger partial charge in [0.25, 0.3) is 0 Å². The van der Waals surface area contributed by atoms with Crippen molar-refractivity contribution in [2.45, 2.75) is 6.54 Å². The van der Waals surface area contributed by atoms with E-state index in [1.165, 1.54) is 12.1 Å². The van der Waals surface area contributed by atoms with Crippen molar-refractivity contribution >= 4 is 5.97 Å². The number of phenols is 1. The van der Waals surface area contributed by atoms with Crippen LogP contribution in [0.3, 0.4) is 0 Å². The van der Waals surface area contributed by atoms with Crippen molar-refractivity contribution in [2.24, 2.45) is 5.73 Å². The van der Waals surface area contributed by atoms with Crippen LogP contribution >= 0.6 is 0 Å². The number of hydrogen-bond acceptors (Lipinski definition) is 4. The Morgan fingerprint density at radius 2 is 2.21 bits per heavy atom. The minimum absolute atomic E-state index is 0.111. The van der Waals surface area contributed by atoms with Crippen molar-refractivity contribution in [3.63, 3.8) is 0 Å². The fraction of sp³-hybridized carbons (Fsp3) is 0.111. The van der Waals surface area contributed by atoms with E-state index in [1.807, 2.05) is 0 Å². The van der Waals surface area contributed by atoms with Gasteiger partial charge < -0.3 is 15.9 Å². The van der Waals surface area contributed by atoms with Gasteiger partial charge in [-0.3, -0.25) is 0 Å². The van der Waals surface area contributed by atoms with Crippen molar-refractivity contribution in [3.8, 4) is 11.8 Å². The summed E-state index contributed by atoms with van der Waals surface area (Å²) in [6, 6.07) is 4.19. The average Bonchev–Trinajstić information content (AvgIpc) is 2.16. The Bertz CT molecular complexity index is 421. The van der Waals surface area contributed by atoms with Crippen LogP contribution in [0.15, 0.2) is 12.1 Å². The summed E-state index contributed by atoms with van der Waals surface area (Å²) >= 11 is 0. The monoisotopic (exact) mass is 192 g/mol. The molecular formula is C9H8N2O3.